The van der Waals surface area contributed by atoms with Gasteiger partial charge in [0.15, 0.2) is 0 Å². The maximum Gasteiger partial charge on any atom is 0.306 e. The Kier molecular flexibility index (Phi) is 4.47. The number of fused-ring (bicyclic) bond motifs is 1. The van der Waals surface area contributed by atoms with Crippen molar-refractivity contribution in [2.75, 3.05) is 7.11 Å². The zero-order chi connectivity index (χ0) is 18.0. The summed E-state index contributed by atoms with van der Waals surface area (Å²) in [6.45, 7) is 0. The number of aromatic hydroxyl groups is 1. The number of rotatable bonds is 4. The van der Waals surface area contributed by atoms with Gasteiger partial charge in [-0.2, -0.15) is 4.98 Å². The van der Waals surface area contributed by atoms with E-state index in [0.29, 0.717) is 5.56 Å². The molecule has 0 saturated heterocycles. The molecule has 0 unspecified atom stereocenters. The quantitative estimate of drug-likeness (QED) is 0.736. The fraction of sp³-hybridized carbons (Fsp3) is 0.167. The molecule has 25 heavy (non-hydrogen) atoms. The Morgan fingerprint density at radius 3 is 2.68 bits per heavy atom. The van der Waals surface area contributed by atoms with E-state index in [4.69, 9.17) is 4.74 Å². The van der Waals surface area contributed by atoms with Crippen LogP contribution in [-0.2, 0) is 9.53 Å². The van der Waals surface area contributed by atoms with Gasteiger partial charge in [0, 0.05) is 12.1 Å². The van der Waals surface area contributed by atoms with Crippen LogP contribution in [0.5, 0.6) is 5.88 Å². The third kappa shape index (κ3) is 3.21. The van der Waals surface area contributed by atoms with Crippen LogP contribution in [-0.4, -0.2) is 27.6 Å². The molecule has 0 saturated carbocycles. The number of aromatic nitrogens is 2. The molecule has 0 aliphatic carbocycles. The fourth-order valence-corrected chi connectivity index (χ4v) is 2.73. The first kappa shape index (κ1) is 16.6. The monoisotopic (exact) mass is 342 g/mol. The number of pyridine rings is 1. The molecule has 0 bridgehead atoms. The van der Waals surface area contributed by atoms with Gasteiger partial charge in [-0.1, -0.05) is 18.2 Å². The highest BCUT2D eigenvalue weighted by Crippen LogP contribution is 2.31. The lowest BCUT2D eigenvalue weighted by Gasteiger charge is -2.17. The van der Waals surface area contributed by atoms with Gasteiger partial charge in [-0.05, 0) is 29.8 Å². The maximum atomic E-state index is 13.2. The summed E-state index contributed by atoms with van der Waals surface area (Å²) >= 11 is 0. The molecule has 0 spiro atoms. The molecule has 0 radical (unpaired) electrons. The molecule has 1 N–H and O–H groups in total. The number of nitrogens with zero attached hydrogens (tertiary/aromatic N) is 2. The number of esters is 1. The van der Waals surface area contributed by atoms with Gasteiger partial charge < -0.3 is 9.84 Å². The average molecular weight is 342 g/mol. The van der Waals surface area contributed by atoms with Crippen molar-refractivity contribution in [1.82, 2.24) is 9.38 Å². The fourth-order valence-electron chi connectivity index (χ4n) is 2.73. The van der Waals surface area contributed by atoms with Crippen molar-refractivity contribution in [3.8, 4) is 5.88 Å². The first-order chi connectivity index (χ1) is 12.0. The third-order valence-electron chi connectivity index (χ3n) is 3.97. The van der Waals surface area contributed by atoms with E-state index in [0.717, 1.165) is 0 Å². The largest absolute Gasteiger partial charge is 0.493 e. The molecule has 3 rings (SSSR count). The zero-order valence-corrected chi connectivity index (χ0v) is 13.3. The van der Waals surface area contributed by atoms with Gasteiger partial charge in [-0.25, -0.2) is 4.39 Å². The maximum absolute atomic E-state index is 13.2. The van der Waals surface area contributed by atoms with Crippen LogP contribution in [0.2, 0.25) is 0 Å². The summed E-state index contributed by atoms with van der Waals surface area (Å²) in [6.07, 6.45) is 1.33. The van der Waals surface area contributed by atoms with E-state index in [2.05, 4.69) is 4.98 Å². The van der Waals surface area contributed by atoms with Crippen LogP contribution in [0.3, 0.4) is 0 Å². The Morgan fingerprint density at radius 1 is 1.28 bits per heavy atom. The summed E-state index contributed by atoms with van der Waals surface area (Å²) in [7, 11) is 1.23. The van der Waals surface area contributed by atoms with Crippen LogP contribution in [0.25, 0.3) is 5.65 Å². The van der Waals surface area contributed by atoms with Gasteiger partial charge in [0.05, 0.1) is 19.1 Å². The minimum Gasteiger partial charge on any atom is -0.493 e. The molecule has 2 heterocycles. The van der Waals surface area contributed by atoms with E-state index >= 15 is 0 Å². The Hall–Kier alpha value is -3.22. The topological polar surface area (TPSA) is 80.9 Å². The summed E-state index contributed by atoms with van der Waals surface area (Å²) in [5.41, 5.74) is 0.239. The Morgan fingerprint density at radius 2 is 2.00 bits per heavy atom. The zero-order valence-electron chi connectivity index (χ0n) is 13.3. The second-order valence-corrected chi connectivity index (χ2v) is 5.47. The van der Waals surface area contributed by atoms with Crippen LogP contribution < -0.4 is 5.56 Å². The van der Waals surface area contributed by atoms with E-state index in [1.54, 1.807) is 18.2 Å². The van der Waals surface area contributed by atoms with Gasteiger partial charge in [-0.15, -0.1) is 0 Å². The lowest BCUT2D eigenvalue weighted by atomic mass is 9.89. The number of benzene rings is 1. The lowest BCUT2D eigenvalue weighted by molar-refractivity contribution is -0.140. The number of halogens is 1. The summed E-state index contributed by atoms with van der Waals surface area (Å²) in [6, 6.07) is 10.3. The van der Waals surface area contributed by atoms with Crippen molar-refractivity contribution >= 4 is 11.6 Å². The molecule has 128 valence electrons. The van der Waals surface area contributed by atoms with E-state index in [-0.39, 0.29) is 17.6 Å². The van der Waals surface area contributed by atoms with Gasteiger partial charge in [0.2, 0.25) is 5.88 Å². The normalized spacial score (nSPS) is 12.1. The predicted octanol–water partition coefficient (Wildman–Crippen LogP) is 2.23. The summed E-state index contributed by atoms with van der Waals surface area (Å²) in [4.78, 5) is 28.7. The van der Waals surface area contributed by atoms with Crippen LogP contribution in [0.4, 0.5) is 4.39 Å². The summed E-state index contributed by atoms with van der Waals surface area (Å²) in [5, 5.41) is 10.3. The van der Waals surface area contributed by atoms with Gasteiger partial charge >= 0.3 is 5.97 Å². The molecular weight excluding hydrogens is 327 g/mol. The molecule has 3 aromatic rings. The number of carbonyl (C=O) groups is 1. The van der Waals surface area contributed by atoms with E-state index in [1.165, 1.54) is 42.0 Å². The summed E-state index contributed by atoms with van der Waals surface area (Å²) in [5.74, 6) is -2.29. The molecule has 1 aromatic carbocycles. The lowest BCUT2D eigenvalue weighted by Crippen LogP contribution is -2.24. The number of hydrogen-bond donors (Lipinski definition) is 1. The molecule has 1 atom stereocenters. The Balaban J connectivity index is 2.22. The summed E-state index contributed by atoms with van der Waals surface area (Å²) < 4.78 is 19.2. The average Bonchev–Trinajstić information content (AvgIpc) is 2.61. The van der Waals surface area contributed by atoms with Gasteiger partial charge in [0.25, 0.3) is 5.56 Å². The van der Waals surface area contributed by atoms with Crippen molar-refractivity contribution in [2.24, 2.45) is 0 Å². The first-order valence-corrected chi connectivity index (χ1v) is 7.54. The Bertz CT molecular complexity index is 983. The van der Waals surface area contributed by atoms with Crippen molar-refractivity contribution in [2.45, 2.75) is 12.3 Å². The van der Waals surface area contributed by atoms with Gasteiger partial charge in [-0.3, -0.25) is 14.0 Å². The van der Waals surface area contributed by atoms with Crippen molar-refractivity contribution in [3.05, 3.63) is 76.0 Å². The first-order valence-electron chi connectivity index (χ1n) is 7.54. The molecule has 0 aliphatic rings. The molecule has 0 aliphatic heterocycles. The molecule has 0 fully saturated rings. The van der Waals surface area contributed by atoms with Crippen molar-refractivity contribution < 1.29 is 19.0 Å². The number of methoxy groups -OCH3 is 1. The minimum atomic E-state index is -0.815. The molecule has 0 amide bonds. The molecule has 7 heteroatoms. The second kappa shape index (κ2) is 6.72. The van der Waals surface area contributed by atoms with Crippen LogP contribution in [0.1, 0.15) is 23.5 Å². The third-order valence-corrected chi connectivity index (χ3v) is 3.97. The predicted molar refractivity (Wildman–Crippen MR) is 88.0 cm³/mol. The standard InChI is InChI=1S/C18H15FN2O4/c1-25-15(22)10-13(11-5-7-12(19)8-6-11)16-17(23)20-14-4-2-3-9-21(14)18(16)24/h2-9,13,23H,10H2,1H3/t13-/m1/s1. The van der Waals surface area contributed by atoms with E-state index < -0.39 is 29.1 Å². The van der Waals surface area contributed by atoms with E-state index in [1.807, 2.05) is 0 Å². The number of carbonyl (C=O) groups excluding carboxylic acids is 1. The number of hydrogen-bond acceptors (Lipinski definition) is 5. The minimum absolute atomic E-state index is 0.0410. The Labute approximate surface area is 142 Å². The van der Waals surface area contributed by atoms with Gasteiger partial charge in [0.1, 0.15) is 11.5 Å². The SMILES string of the molecule is COC(=O)C[C@H](c1ccc(F)cc1)c1c(O)nc2ccccn2c1=O. The molecule has 6 nitrogen and oxygen atoms in total. The van der Waals surface area contributed by atoms with Crippen LogP contribution in [0, 0.1) is 5.82 Å². The highest BCUT2D eigenvalue weighted by atomic mass is 19.1. The second-order valence-electron chi connectivity index (χ2n) is 5.47. The van der Waals surface area contributed by atoms with Crippen molar-refractivity contribution in [3.63, 3.8) is 0 Å². The highest BCUT2D eigenvalue weighted by Gasteiger charge is 2.26. The molecular formula is C18H15FN2O4. The van der Waals surface area contributed by atoms with E-state index in [9.17, 15) is 19.1 Å². The molecule has 2 aromatic heterocycles. The van der Waals surface area contributed by atoms with Crippen LogP contribution in [0.15, 0.2) is 53.5 Å². The van der Waals surface area contributed by atoms with Crippen molar-refractivity contribution in [1.29, 1.82) is 0 Å². The number of ether oxygens (including phenoxy) is 1. The smallest absolute Gasteiger partial charge is 0.306 e. The van der Waals surface area contributed by atoms with Crippen LogP contribution >= 0.6 is 0 Å². The highest BCUT2D eigenvalue weighted by molar-refractivity contribution is 5.71.